The van der Waals surface area contributed by atoms with Gasteiger partial charge >= 0.3 is 6.09 Å². The number of nitrogens with zero attached hydrogens (tertiary/aromatic N) is 4. The number of hydrogen-bond acceptors (Lipinski definition) is 10. The van der Waals surface area contributed by atoms with Crippen molar-refractivity contribution >= 4 is 24.0 Å². The van der Waals surface area contributed by atoms with Crippen molar-refractivity contribution in [3.05, 3.63) is 59.3 Å². The summed E-state index contributed by atoms with van der Waals surface area (Å²) in [6, 6.07) is 0.180. The number of hydrogen-bond donors (Lipinski definition) is 4. The first kappa shape index (κ1) is 60.1. The third-order valence-corrected chi connectivity index (χ3v) is 7.57. The lowest BCUT2D eigenvalue weighted by Crippen LogP contribution is -2.41. The van der Waals surface area contributed by atoms with E-state index >= 15 is 0 Å². The minimum absolute atomic E-state index is 0.180. The van der Waals surface area contributed by atoms with Crippen LogP contribution in [-0.2, 0) is 14.3 Å². The van der Waals surface area contributed by atoms with Crippen LogP contribution in [0.3, 0.4) is 0 Å². The number of carbonyl (C=O) groups is 3. The molecule has 2 atom stereocenters. The number of Topliss-reactive ketones (excluding diaryl/α,β-unsaturated/α-hetero) is 1. The van der Waals surface area contributed by atoms with Crippen LogP contribution in [0.4, 0.5) is 13.6 Å². The van der Waals surface area contributed by atoms with E-state index in [0.29, 0.717) is 50.3 Å². The molecule has 57 heavy (non-hydrogen) atoms. The lowest BCUT2D eigenvalue weighted by Gasteiger charge is -2.32. The van der Waals surface area contributed by atoms with E-state index in [1.165, 1.54) is 30.1 Å². The number of aliphatic imine (C=N–C) groups is 1. The smallest absolute Gasteiger partial charge is 0.414 e. The van der Waals surface area contributed by atoms with Gasteiger partial charge in [-0.3, -0.25) is 14.6 Å². The lowest BCUT2D eigenvalue weighted by atomic mass is 9.98. The summed E-state index contributed by atoms with van der Waals surface area (Å²) >= 11 is 0. The van der Waals surface area contributed by atoms with Gasteiger partial charge in [0.25, 0.3) is 0 Å². The van der Waals surface area contributed by atoms with E-state index in [1.807, 2.05) is 67.5 Å². The first-order valence-electron chi connectivity index (χ1n) is 20.5. The number of rotatable bonds is 17. The second kappa shape index (κ2) is 40.6. The lowest BCUT2D eigenvalue weighted by molar-refractivity contribution is -0.112. The number of amides is 1. The van der Waals surface area contributed by atoms with Crippen molar-refractivity contribution < 1.29 is 43.2 Å². The van der Waals surface area contributed by atoms with Gasteiger partial charge in [-0.1, -0.05) is 54.5 Å². The number of nitrogens with one attached hydrogen (secondary N) is 1. The number of alkyl halides is 1. The standard InChI is InChI=1S/C32H46F2N4O5.C2H7N.C2H4O.3C2H6.CH4O/c1-4-8-27(37-18-19-43-32(37)42)20-25(34)9-6-10-28(40)11-7-17-36(16-5-2)23(3)35-31-29(14-15-33)30(41)24(22-39)21-38(31)26-12-13-26;1-3-2;1-2-3;4*1-2/h4,8-9,14,20-21,23,26,28,39-40H,5-7,10-13,15-19,22H2,1-3H3;3H,1-2H3;2H,1H3;3*1-2H3;2H,1H3/b8-4-,25-9-,27-20+,29-14-,35-31+;;;;;;. The molecule has 2 fully saturated rings. The number of aldehydes is 1. The van der Waals surface area contributed by atoms with Crippen LogP contribution in [0.1, 0.15) is 114 Å². The Hall–Kier alpha value is -3.56. The number of allylic oxidation sites excluding steroid dienone is 6. The summed E-state index contributed by atoms with van der Waals surface area (Å²) in [5, 5.41) is 30.0. The molecule has 1 aliphatic carbocycles. The predicted molar refractivity (Wildman–Crippen MR) is 231 cm³/mol. The second-order valence-electron chi connectivity index (χ2n) is 11.7. The van der Waals surface area contributed by atoms with Gasteiger partial charge in [0.1, 0.15) is 37.4 Å². The summed E-state index contributed by atoms with van der Waals surface area (Å²) in [7, 11) is 4.75. The zero-order valence-corrected chi connectivity index (χ0v) is 37.5. The van der Waals surface area contributed by atoms with E-state index < -0.39 is 37.1 Å². The highest BCUT2D eigenvalue weighted by Crippen LogP contribution is 2.33. The van der Waals surface area contributed by atoms with Gasteiger partial charge < -0.3 is 35.1 Å². The molecule has 3 rings (SSSR count). The van der Waals surface area contributed by atoms with Crippen LogP contribution in [0.15, 0.2) is 64.2 Å². The molecule has 0 aromatic heterocycles. The van der Waals surface area contributed by atoms with Gasteiger partial charge in [-0.05, 0) is 111 Å². The average Bonchev–Trinajstić information content (AvgIpc) is 3.98. The molecule has 0 aromatic carbocycles. The molecular formula is C43H79F2N5O7. The molecule has 2 heterocycles. The monoisotopic (exact) mass is 816 g/mol. The average molecular weight is 816 g/mol. The van der Waals surface area contributed by atoms with Crippen molar-refractivity contribution in [2.24, 2.45) is 4.99 Å². The van der Waals surface area contributed by atoms with Crippen LogP contribution in [-0.4, -0.2) is 133 Å². The molecule has 2 aliphatic heterocycles. The molecule has 4 N–H and O–H groups in total. The second-order valence-corrected chi connectivity index (χ2v) is 11.7. The molecule has 2 unspecified atom stereocenters. The van der Waals surface area contributed by atoms with Crippen LogP contribution >= 0.6 is 0 Å². The molecule has 0 spiro atoms. The maximum Gasteiger partial charge on any atom is 0.414 e. The third kappa shape index (κ3) is 25.4. The Balaban J connectivity index is -0.000000891. The summed E-state index contributed by atoms with van der Waals surface area (Å²) in [4.78, 5) is 43.9. The molecule has 12 nitrogen and oxygen atoms in total. The number of aliphatic hydroxyl groups excluding tert-OH is 3. The highest BCUT2D eigenvalue weighted by molar-refractivity contribution is 6.29. The normalized spacial score (nSPS) is 17.5. The summed E-state index contributed by atoms with van der Waals surface area (Å²) < 4.78 is 32.9. The number of amidine groups is 1. The molecule has 0 bridgehead atoms. The molecule has 14 heteroatoms. The maximum atomic E-state index is 14.6. The first-order chi connectivity index (χ1) is 27.6. The maximum absolute atomic E-state index is 14.6. The molecule has 0 aromatic rings. The number of carbonyl (C=O) groups excluding carboxylic acids is 3. The van der Waals surface area contributed by atoms with Crippen molar-refractivity contribution in [2.45, 2.75) is 132 Å². The van der Waals surface area contributed by atoms with Crippen molar-refractivity contribution in [1.82, 2.24) is 20.0 Å². The predicted octanol–water partition coefficient (Wildman–Crippen LogP) is 7.68. The van der Waals surface area contributed by atoms with E-state index in [4.69, 9.17) is 19.6 Å². The largest absolute Gasteiger partial charge is 0.447 e. The number of ketones is 1. The van der Waals surface area contributed by atoms with Crippen molar-refractivity contribution in [3.8, 4) is 0 Å². The fourth-order valence-electron chi connectivity index (χ4n) is 5.18. The summed E-state index contributed by atoms with van der Waals surface area (Å²) in [5.74, 6) is -0.436. The molecule has 1 saturated heterocycles. The third-order valence-electron chi connectivity index (χ3n) is 7.57. The van der Waals surface area contributed by atoms with Crippen molar-refractivity contribution in [3.63, 3.8) is 0 Å². The van der Waals surface area contributed by atoms with Crippen LogP contribution in [0, 0.1) is 0 Å². The van der Waals surface area contributed by atoms with Crippen LogP contribution < -0.4 is 5.32 Å². The summed E-state index contributed by atoms with van der Waals surface area (Å²) in [5.41, 5.74) is 0.842. The van der Waals surface area contributed by atoms with E-state index in [2.05, 4.69) is 17.1 Å². The van der Waals surface area contributed by atoms with E-state index in [-0.39, 0.29) is 30.0 Å². The fourth-order valence-corrected chi connectivity index (χ4v) is 5.18. The first-order valence-corrected chi connectivity index (χ1v) is 20.5. The van der Waals surface area contributed by atoms with Crippen LogP contribution in [0.25, 0.3) is 0 Å². The Bertz CT molecular complexity index is 1230. The number of cyclic esters (lactones) is 1. The molecule has 1 saturated carbocycles. The Morgan fingerprint density at radius 2 is 1.67 bits per heavy atom. The number of ether oxygens (including phenoxy) is 1. The van der Waals surface area contributed by atoms with E-state index in [9.17, 15) is 28.6 Å². The van der Waals surface area contributed by atoms with Gasteiger partial charge in [0.05, 0.1) is 24.8 Å². The Morgan fingerprint density at radius 3 is 2.12 bits per heavy atom. The molecular weight excluding hydrogens is 736 g/mol. The SMILES string of the molecule is CC.CC.CC.CC=O.CNC.CO.C\C=C/C(=C\C(F)=C\CCC(O)CCCN(CCC)C(C)/N=C1\C(=C/CF)C(=O)C(CO)=CN1C1CC1)N1CCOC1=O. The van der Waals surface area contributed by atoms with Gasteiger partial charge in [0, 0.05) is 37.2 Å². The van der Waals surface area contributed by atoms with Gasteiger partial charge in [0.15, 0.2) is 5.78 Å². The van der Waals surface area contributed by atoms with Gasteiger partial charge in [0.2, 0.25) is 0 Å². The summed E-state index contributed by atoms with van der Waals surface area (Å²) in [6.45, 7) is 20.1. The van der Waals surface area contributed by atoms with Crippen LogP contribution in [0.5, 0.6) is 0 Å². The minimum atomic E-state index is -0.804. The minimum Gasteiger partial charge on any atom is -0.447 e. The van der Waals surface area contributed by atoms with Crippen molar-refractivity contribution in [1.29, 1.82) is 0 Å². The van der Waals surface area contributed by atoms with Gasteiger partial charge in [-0.15, -0.1) is 0 Å². The highest BCUT2D eigenvalue weighted by Gasteiger charge is 2.38. The number of halogens is 2. The molecule has 332 valence electrons. The zero-order chi connectivity index (χ0) is 44.8. The van der Waals surface area contributed by atoms with Crippen molar-refractivity contribution in [2.75, 3.05) is 60.7 Å². The number of aliphatic hydroxyl groups is 3. The topological polar surface area (TPSA) is 155 Å². The van der Waals surface area contributed by atoms with Crippen LogP contribution in [0.2, 0.25) is 0 Å². The van der Waals surface area contributed by atoms with Gasteiger partial charge in [-0.2, -0.15) is 0 Å². The Morgan fingerprint density at radius 1 is 1.09 bits per heavy atom. The summed E-state index contributed by atoms with van der Waals surface area (Å²) in [6.07, 6.45) is 13.0. The van der Waals surface area contributed by atoms with Gasteiger partial charge in [-0.25, -0.2) is 18.6 Å². The highest BCUT2D eigenvalue weighted by atomic mass is 19.1. The Labute approximate surface area is 344 Å². The molecule has 0 radical (unpaired) electrons. The van der Waals surface area contributed by atoms with E-state index in [1.54, 1.807) is 25.3 Å². The Kier molecular flexibility index (Phi) is 42.9. The molecule has 1 amide bonds. The zero-order valence-electron chi connectivity index (χ0n) is 37.5. The molecule has 3 aliphatic rings. The fraction of sp³-hybridized carbons (Fsp3) is 0.674. The quantitative estimate of drug-likeness (QED) is 0.0653. The van der Waals surface area contributed by atoms with E-state index in [0.717, 1.165) is 39.2 Å².